The number of benzene rings is 1. The summed E-state index contributed by atoms with van der Waals surface area (Å²) in [6.45, 7) is 6.48. The molecule has 4 nitrogen and oxygen atoms in total. The van der Waals surface area contributed by atoms with Crippen molar-refractivity contribution in [2.24, 2.45) is 0 Å². The minimum atomic E-state index is -1.40. The second kappa shape index (κ2) is 6.12. The summed E-state index contributed by atoms with van der Waals surface area (Å²) >= 11 is 0. The second-order valence-corrected chi connectivity index (χ2v) is 5.69. The van der Waals surface area contributed by atoms with E-state index in [-0.39, 0.29) is 0 Å². The van der Waals surface area contributed by atoms with Gasteiger partial charge in [-0.15, -0.1) is 0 Å². The van der Waals surface area contributed by atoms with Gasteiger partial charge in [0.25, 0.3) is 0 Å². The molecule has 1 fully saturated rings. The Balaban J connectivity index is 2.27. The summed E-state index contributed by atoms with van der Waals surface area (Å²) in [6.07, 6.45) is -3.55. The van der Waals surface area contributed by atoms with Crippen LogP contribution in [0.15, 0.2) is 30.3 Å². The summed E-state index contributed by atoms with van der Waals surface area (Å²) in [5.41, 5.74) is 0.490. The van der Waals surface area contributed by atoms with E-state index in [4.69, 9.17) is 14.2 Å². The molecule has 1 saturated heterocycles. The number of rotatable bonds is 3. The van der Waals surface area contributed by atoms with Crippen molar-refractivity contribution in [2.45, 2.75) is 58.0 Å². The quantitative estimate of drug-likeness (QED) is 0.804. The number of hydrogen-bond acceptors (Lipinski definition) is 4. The summed E-state index contributed by atoms with van der Waals surface area (Å²) in [4.78, 5) is 11.3. The van der Waals surface area contributed by atoms with E-state index in [0.29, 0.717) is 5.56 Å². The zero-order valence-electron chi connectivity index (χ0n) is 12.7. The van der Waals surface area contributed by atoms with Gasteiger partial charge in [-0.1, -0.05) is 30.3 Å². The number of carbonyl (C=O) groups is 1. The van der Waals surface area contributed by atoms with Gasteiger partial charge in [-0.3, -0.25) is 4.79 Å². The van der Waals surface area contributed by atoms with Gasteiger partial charge < -0.3 is 14.2 Å². The molecule has 5 heteroatoms. The maximum absolute atomic E-state index is 14.9. The molecule has 0 bridgehead atoms. The zero-order valence-corrected chi connectivity index (χ0v) is 12.7. The highest BCUT2D eigenvalue weighted by atomic mass is 19.1. The van der Waals surface area contributed by atoms with Crippen molar-refractivity contribution < 1.29 is 23.4 Å². The maximum Gasteiger partial charge on any atom is 0.303 e. The third-order valence-electron chi connectivity index (χ3n) is 3.38. The monoisotopic (exact) mass is 296 g/mol. The van der Waals surface area contributed by atoms with Crippen molar-refractivity contribution in [3.05, 3.63) is 35.9 Å². The maximum atomic E-state index is 14.9. The van der Waals surface area contributed by atoms with Gasteiger partial charge in [0.15, 0.2) is 18.1 Å². The Kier molecular flexibility index (Phi) is 4.64. The molecule has 1 aromatic rings. The van der Waals surface area contributed by atoms with Crippen molar-refractivity contribution in [2.75, 3.05) is 0 Å². The van der Waals surface area contributed by atoms with Gasteiger partial charge in [0, 0.05) is 6.92 Å². The van der Waals surface area contributed by atoms with E-state index in [1.54, 1.807) is 45.0 Å². The first-order valence-corrected chi connectivity index (χ1v) is 7.02. The van der Waals surface area contributed by atoms with Gasteiger partial charge in [0.1, 0.15) is 6.10 Å². The molecule has 4 atom stereocenters. The smallest absolute Gasteiger partial charge is 0.303 e. The zero-order chi connectivity index (χ0) is 15.6. The van der Waals surface area contributed by atoms with Gasteiger partial charge in [0.2, 0.25) is 0 Å². The van der Waals surface area contributed by atoms with E-state index in [0.717, 1.165) is 0 Å². The molecule has 1 aromatic carbocycles. The van der Waals surface area contributed by atoms with Gasteiger partial charge in [-0.2, -0.15) is 0 Å². The summed E-state index contributed by atoms with van der Waals surface area (Å²) in [5.74, 6) is -1.41. The highest BCUT2D eigenvalue weighted by molar-refractivity contribution is 5.66. The Labute approximate surface area is 124 Å². The van der Waals surface area contributed by atoms with E-state index < -0.39 is 36.2 Å². The normalized spacial score (nSPS) is 29.7. The molecule has 1 heterocycles. The molecule has 0 N–H and O–H groups in total. The molecular formula is C16H21FO4. The van der Waals surface area contributed by atoms with E-state index in [1.165, 1.54) is 6.92 Å². The fourth-order valence-electron chi connectivity index (χ4n) is 2.61. The van der Waals surface area contributed by atoms with Crippen molar-refractivity contribution in [1.82, 2.24) is 0 Å². The average molecular weight is 296 g/mol. The van der Waals surface area contributed by atoms with Crippen LogP contribution in [0.4, 0.5) is 4.39 Å². The van der Waals surface area contributed by atoms with Gasteiger partial charge in [-0.25, -0.2) is 4.39 Å². The second-order valence-electron chi connectivity index (χ2n) is 5.69. The van der Waals surface area contributed by atoms with Crippen LogP contribution in [0, 0.1) is 0 Å². The van der Waals surface area contributed by atoms with Crippen molar-refractivity contribution in [1.29, 1.82) is 0 Å². The van der Waals surface area contributed by atoms with Crippen molar-refractivity contribution in [3.8, 4) is 0 Å². The van der Waals surface area contributed by atoms with Crippen molar-refractivity contribution in [3.63, 3.8) is 0 Å². The first kappa shape index (κ1) is 15.9. The first-order chi connectivity index (χ1) is 9.80. The Morgan fingerprint density at radius 1 is 1.29 bits per heavy atom. The molecule has 0 amide bonds. The molecule has 1 aliphatic rings. The number of hydrogen-bond donors (Lipinski definition) is 0. The summed E-state index contributed by atoms with van der Waals surface area (Å²) in [6, 6.07) is 8.71. The average Bonchev–Trinajstić information content (AvgIpc) is 2.41. The first-order valence-electron chi connectivity index (χ1n) is 7.02. The molecule has 1 aliphatic heterocycles. The number of ether oxygens (including phenoxy) is 3. The third kappa shape index (κ3) is 3.80. The standard InChI is InChI=1S/C16H21FO4/c1-10-14(19-11(2)18)15(21-16(3,4)20-10)13(17)12-8-6-5-7-9-12/h5-10,13-15H,1-4H3/t10-,13+,14+,15-/m0/s1. The molecule has 0 spiro atoms. The van der Waals surface area contributed by atoms with Crippen LogP contribution in [0.3, 0.4) is 0 Å². The lowest BCUT2D eigenvalue weighted by Gasteiger charge is -2.45. The van der Waals surface area contributed by atoms with E-state index in [1.807, 2.05) is 6.07 Å². The molecule has 0 saturated carbocycles. The Hall–Kier alpha value is -1.46. The summed E-state index contributed by atoms with van der Waals surface area (Å²) in [5, 5.41) is 0. The predicted molar refractivity (Wildman–Crippen MR) is 75.3 cm³/mol. The van der Waals surface area contributed by atoms with Crippen LogP contribution >= 0.6 is 0 Å². The number of esters is 1. The molecule has 2 rings (SSSR count). The topological polar surface area (TPSA) is 44.8 Å². The fraction of sp³-hybridized carbons (Fsp3) is 0.562. The number of carbonyl (C=O) groups excluding carboxylic acids is 1. The van der Waals surface area contributed by atoms with Crippen LogP contribution in [-0.4, -0.2) is 30.1 Å². The van der Waals surface area contributed by atoms with Crippen LogP contribution in [0.2, 0.25) is 0 Å². The lowest BCUT2D eigenvalue weighted by Crippen LogP contribution is -2.56. The lowest BCUT2D eigenvalue weighted by atomic mass is 9.96. The van der Waals surface area contributed by atoms with Crippen molar-refractivity contribution >= 4 is 5.97 Å². The molecule has 21 heavy (non-hydrogen) atoms. The Morgan fingerprint density at radius 3 is 2.48 bits per heavy atom. The van der Waals surface area contributed by atoms with E-state index >= 15 is 0 Å². The predicted octanol–water partition coefficient (Wildman–Crippen LogP) is 3.17. The molecule has 0 aliphatic carbocycles. The number of halogens is 1. The van der Waals surface area contributed by atoms with Crippen LogP contribution in [0.25, 0.3) is 0 Å². The van der Waals surface area contributed by atoms with Gasteiger partial charge >= 0.3 is 5.97 Å². The minimum Gasteiger partial charge on any atom is -0.457 e. The van der Waals surface area contributed by atoms with Gasteiger partial charge in [0.05, 0.1) is 6.10 Å². The van der Waals surface area contributed by atoms with E-state index in [9.17, 15) is 9.18 Å². The summed E-state index contributed by atoms with van der Waals surface area (Å²) in [7, 11) is 0. The Morgan fingerprint density at radius 2 is 1.90 bits per heavy atom. The third-order valence-corrected chi connectivity index (χ3v) is 3.38. The largest absolute Gasteiger partial charge is 0.457 e. The molecule has 0 aromatic heterocycles. The molecule has 116 valence electrons. The van der Waals surface area contributed by atoms with Crippen LogP contribution in [-0.2, 0) is 19.0 Å². The van der Waals surface area contributed by atoms with Crippen LogP contribution in [0.5, 0.6) is 0 Å². The molecule has 0 unspecified atom stereocenters. The van der Waals surface area contributed by atoms with Crippen LogP contribution in [0.1, 0.15) is 39.4 Å². The lowest BCUT2D eigenvalue weighted by molar-refractivity contribution is -0.339. The Bertz CT molecular complexity index is 488. The molecular weight excluding hydrogens is 275 g/mol. The van der Waals surface area contributed by atoms with Crippen LogP contribution < -0.4 is 0 Å². The molecule has 0 radical (unpaired) electrons. The highest BCUT2D eigenvalue weighted by Crippen LogP contribution is 2.37. The summed E-state index contributed by atoms with van der Waals surface area (Å²) < 4.78 is 31.4. The minimum absolute atomic E-state index is 0.454. The van der Waals surface area contributed by atoms with Gasteiger partial charge in [-0.05, 0) is 26.3 Å². The fourth-order valence-corrected chi connectivity index (χ4v) is 2.61. The number of alkyl halides is 1. The highest BCUT2D eigenvalue weighted by Gasteiger charge is 2.47. The van der Waals surface area contributed by atoms with E-state index in [2.05, 4.69) is 0 Å². The SMILES string of the molecule is CC(=O)O[C@H]1[C@H]([C@H](F)c2ccccc2)OC(C)(C)O[C@H]1C.